The molecule has 1 aromatic carbocycles. The van der Waals surface area contributed by atoms with Crippen LogP contribution in [0, 0.1) is 12.8 Å². The van der Waals surface area contributed by atoms with Crippen LogP contribution in [0.3, 0.4) is 0 Å². The quantitative estimate of drug-likeness (QED) is 0.761. The molecule has 1 aromatic heterocycles. The third-order valence-corrected chi connectivity index (χ3v) is 5.68. The Hall–Kier alpha value is -2.51. The minimum Gasteiger partial charge on any atom is -0.368 e. The number of nitrogens with one attached hydrogen (secondary N) is 2. The first-order valence-corrected chi connectivity index (χ1v) is 9.55. The number of carbonyl (C=O) groups is 1. The number of rotatable bonds is 3. The SMILES string of the molecule is Cc1cc(C(=O)N2CCC(C3NNCC3c3ccccc3)CC2)nc(N)n1. The molecule has 2 unspecified atom stereocenters. The van der Waals surface area contributed by atoms with Gasteiger partial charge in [0.1, 0.15) is 5.69 Å². The zero-order chi connectivity index (χ0) is 18.8. The number of benzene rings is 1. The molecular weight excluding hydrogens is 340 g/mol. The standard InChI is InChI=1S/C20H26N6O/c1-13-11-17(24-20(21)23-13)19(27)26-9-7-15(8-10-26)18-16(12-22-25-18)14-5-3-2-4-6-14/h2-6,11,15-16,18,22,25H,7-10,12H2,1H3,(H2,21,23,24). The maximum Gasteiger partial charge on any atom is 0.272 e. The minimum absolute atomic E-state index is 0.0530. The number of hydrogen-bond donors (Lipinski definition) is 3. The fourth-order valence-corrected chi connectivity index (χ4v) is 4.31. The van der Waals surface area contributed by atoms with Crippen LogP contribution in [0.2, 0.25) is 0 Å². The van der Waals surface area contributed by atoms with E-state index in [1.807, 2.05) is 11.8 Å². The largest absolute Gasteiger partial charge is 0.368 e. The highest BCUT2D eigenvalue weighted by atomic mass is 16.2. The van der Waals surface area contributed by atoms with Crippen LogP contribution in [-0.2, 0) is 0 Å². The van der Waals surface area contributed by atoms with Gasteiger partial charge in [-0.15, -0.1) is 0 Å². The predicted octanol–water partition coefficient (Wildman–Crippen LogP) is 1.48. The molecule has 27 heavy (non-hydrogen) atoms. The van der Waals surface area contributed by atoms with Crippen LogP contribution in [-0.4, -0.2) is 46.5 Å². The Balaban J connectivity index is 1.40. The topological polar surface area (TPSA) is 96.2 Å². The number of aromatic nitrogens is 2. The van der Waals surface area contributed by atoms with Gasteiger partial charge in [-0.1, -0.05) is 30.3 Å². The maximum atomic E-state index is 12.8. The average molecular weight is 366 g/mol. The van der Waals surface area contributed by atoms with Gasteiger partial charge >= 0.3 is 0 Å². The summed E-state index contributed by atoms with van der Waals surface area (Å²) >= 11 is 0. The zero-order valence-electron chi connectivity index (χ0n) is 15.6. The zero-order valence-corrected chi connectivity index (χ0v) is 15.6. The number of nitrogens with zero attached hydrogens (tertiary/aromatic N) is 3. The van der Waals surface area contributed by atoms with Crippen LogP contribution in [0.15, 0.2) is 36.4 Å². The van der Waals surface area contributed by atoms with Gasteiger partial charge in [-0.05, 0) is 37.3 Å². The summed E-state index contributed by atoms with van der Waals surface area (Å²) in [4.78, 5) is 22.8. The molecule has 2 aliphatic heterocycles. The van der Waals surface area contributed by atoms with Crippen molar-refractivity contribution in [2.24, 2.45) is 5.92 Å². The van der Waals surface area contributed by atoms with E-state index in [1.165, 1.54) is 5.56 Å². The van der Waals surface area contributed by atoms with Crippen LogP contribution in [0.5, 0.6) is 0 Å². The molecule has 0 saturated carbocycles. The summed E-state index contributed by atoms with van der Waals surface area (Å²) in [5, 5.41) is 0. The molecule has 0 bridgehead atoms. The molecule has 0 aliphatic carbocycles. The van der Waals surface area contributed by atoms with Crippen molar-refractivity contribution in [3.05, 3.63) is 53.3 Å². The first-order valence-electron chi connectivity index (χ1n) is 9.55. The third kappa shape index (κ3) is 3.79. The fourth-order valence-electron chi connectivity index (χ4n) is 4.31. The number of amides is 1. The Kier molecular flexibility index (Phi) is 5.05. The molecule has 1 amide bonds. The maximum absolute atomic E-state index is 12.8. The van der Waals surface area contributed by atoms with Gasteiger partial charge in [-0.2, -0.15) is 0 Å². The number of anilines is 1. The minimum atomic E-state index is -0.0530. The van der Waals surface area contributed by atoms with Gasteiger partial charge in [-0.25, -0.2) is 9.97 Å². The van der Waals surface area contributed by atoms with Crippen molar-refractivity contribution >= 4 is 11.9 Å². The fraction of sp³-hybridized carbons (Fsp3) is 0.450. The predicted molar refractivity (Wildman–Crippen MR) is 104 cm³/mol. The Morgan fingerprint density at radius 3 is 2.63 bits per heavy atom. The molecule has 2 aromatic rings. The van der Waals surface area contributed by atoms with E-state index in [2.05, 4.69) is 51.2 Å². The van der Waals surface area contributed by atoms with Gasteiger partial charge in [0.05, 0.1) is 0 Å². The molecule has 4 N–H and O–H groups in total. The molecule has 3 heterocycles. The molecule has 4 rings (SSSR count). The van der Waals surface area contributed by atoms with Crippen molar-refractivity contribution in [3.63, 3.8) is 0 Å². The average Bonchev–Trinajstić information content (AvgIpc) is 3.17. The summed E-state index contributed by atoms with van der Waals surface area (Å²) in [6, 6.07) is 12.8. The second-order valence-electron chi connectivity index (χ2n) is 7.45. The van der Waals surface area contributed by atoms with Crippen LogP contribution in [0.1, 0.15) is 40.5 Å². The number of piperidine rings is 1. The summed E-state index contributed by atoms with van der Waals surface area (Å²) < 4.78 is 0. The Morgan fingerprint density at radius 1 is 1.19 bits per heavy atom. The lowest BCUT2D eigenvalue weighted by atomic mass is 9.80. The second kappa shape index (κ2) is 7.62. The van der Waals surface area contributed by atoms with Crippen molar-refractivity contribution in [2.45, 2.75) is 31.7 Å². The van der Waals surface area contributed by atoms with Gasteiger partial charge in [0, 0.05) is 37.3 Å². The highest BCUT2D eigenvalue weighted by molar-refractivity contribution is 5.92. The lowest BCUT2D eigenvalue weighted by molar-refractivity contribution is 0.0664. The monoisotopic (exact) mass is 366 g/mol. The van der Waals surface area contributed by atoms with E-state index in [-0.39, 0.29) is 11.9 Å². The number of nitrogens with two attached hydrogens (primary N) is 1. The van der Waals surface area contributed by atoms with Crippen molar-refractivity contribution < 1.29 is 4.79 Å². The molecule has 142 valence electrons. The van der Waals surface area contributed by atoms with Crippen molar-refractivity contribution in [3.8, 4) is 0 Å². The molecule has 2 atom stereocenters. The van der Waals surface area contributed by atoms with Gasteiger partial charge in [0.2, 0.25) is 5.95 Å². The molecule has 2 saturated heterocycles. The number of aryl methyl sites for hydroxylation is 1. The van der Waals surface area contributed by atoms with E-state index in [0.717, 1.165) is 32.5 Å². The number of likely N-dealkylation sites (tertiary alicyclic amines) is 1. The second-order valence-corrected chi connectivity index (χ2v) is 7.45. The Labute approximate surface area is 159 Å². The molecule has 2 aliphatic rings. The first-order chi connectivity index (χ1) is 13.1. The summed E-state index contributed by atoms with van der Waals surface area (Å²) in [5.41, 5.74) is 15.0. The molecule has 7 heteroatoms. The van der Waals surface area contributed by atoms with Crippen molar-refractivity contribution in [2.75, 3.05) is 25.4 Å². The van der Waals surface area contributed by atoms with Gasteiger partial charge in [0.15, 0.2) is 0 Å². The molecular formula is C20H26N6O. The summed E-state index contributed by atoms with van der Waals surface area (Å²) in [6.07, 6.45) is 1.96. The van der Waals surface area contributed by atoms with Crippen LogP contribution < -0.4 is 16.6 Å². The number of hydrogen-bond acceptors (Lipinski definition) is 6. The lowest BCUT2D eigenvalue weighted by Gasteiger charge is -2.36. The Bertz CT molecular complexity index is 783. The molecule has 2 fully saturated rings. The van der Waals surface area contributed by atoms with Crippen LogP contribution >= 0.6 is 0 Å². The van der Waals surface area contributed by atoms with E-state index >= 15 is 0 Å². The summed E-state index contributed by atoms with van der Waals surface area (Å²) in [6.45, 7) is 4.25. The lowest BCUT2D eigenvalue weighted by Crippen LogP contribution is -2.46. The Morgan fingerprint density at radius 2 is 1.93 bits per heavy atom. The van der Waals surface area contributed by atoms with Crippen molar-refractivity contribution in [1.29, 1.82) is 0 Å². The van der Waals surface area contributed by atoms with Gasteiger partial charge in [-0.3, -0.25) is 15.6 Å². The van der Waals surface area contributed by atoms with E-state index in [9.17, 15) is 4.79 Å². The smallest absolute Gasteiger partial charge is 0.272 e. The van der Waals surface area contributed by atoms with Crippen LogP contribution in [0.4, 0.5) is 5.95 Å². The van der Waals surface area contributed by atoms with E-state index < -0.39 is 0 Å². The van der Waals surface area contributed by atoms with Crippen molar-refractivity contribution in [1.82, 2.24) is 25.7 Å². The third-order valence-electron chi connectivity index (χ3n) is 5.68. The summed E-state index contributed by atoms with van der Waals surface area (Å²) in [7, 11) is 0. The van der Waals surface area contributed by atoms with E-state index in [0.29, 0.717) is 29.3 Å². The molecule has 0 radical (unpaired) electrons. The number of nitrogen functional groups attached to an aromatic ring is 1. The number of hydrazine groups is 1. The molecule has 7 nitrogen and oxygen atoms in total. The van der Waals surface area contributed by atoms with E-state index in [4.69, 9.17) is 5.73 Å². The number of carbonyl (C=O) groups excluding carboxylic acids is 1. The van der Waals surface area contributed by atoms with Gasteiger partial charge < -0.3 is 10.6 Å². The molecule has 0 spiro atoms. The van der Waals surface area contributed by atoms with Crippen LogP contribution in [0.25, 0.3) is 0 Å². The normalized spacial score (nSPS) is 23.5. The summed E-state index contributed by atoms with van der Waals surface area (Å²) in [5.74, 6) is 1.09. The van der Waals surface area contributed by atoms with E-state index in [1.54, 1.807) is 6.07 Å². The van der Waals surface area contributed by atoms with Gasteiger partial charge in [0.25, 0.3) is 5.91 Å². The highest BCUT2D eigenvalue weighted by Gasteiger charge is 2.37. The highest BCUT2D eigenvalue weighted by Crippen LogP contribution is 2.32. The first kappa shape index (κ1) is 17.9.